The molecule has 2 heterocycles. The van der Waals surface area contributed by atoms with Crippen molar-refractivity contribution in [3.63, 3.8) is 0 Å². The summed E-state index contributed by atoms with van der Waals surface area (Å²) in [6, 6.07) is 9.64. The number of aromatic nitrogens is 3. The highest BCUT2D eigenvalue weighted by Gasteiger charge is 2.46. The summed E-state index contributed by atoms with van der Waals surface area (Å²) in [6.07, 6.45) is 2.76. The van der Waals surface area contributed by atoms with Gasteiger partial charge >= 0.3 is 11.2 Å². The van der Waals surface area contributed by atoms with E-state index in [0.29, 0.717) is 17.7 Å². The van der Waals surface area contributed by atoms with E-state index in [9.17, 15) is 40.7 Å². The average molecular weight is 550 g/mol. The number of aromatic hydroxyl groups is 1. The summed E-state index contributed by atoms with van der Waals surface area (Å²) in [7, 11) is -5.59. The molecule has 0 radical (unpaired) electrons. The zero-order valence-electron chi connectivity index (χ0n) is 19.4. The first-order chi connectivity index (χ1) is 17.8. The van der Waals surface area contributed by atoms with Crippen LogP contribution in [0, 0.1) is 12.7 Å². The fourth-order valence-corrected chi connectivity index (χ4v) is 4.37. The van der Waals surface area contributed by atoms with E-state index < -0.39 is 43.5 Å². The molecule has 2 aromatic carbocycles. The standard InChI is InChI=1S/C24H18F4N4O5S/c1-14-22(34)32(18-6-8-19(9-7-18)38(36,37)24(26,27)28)23(35)31(14)13-16-10-11-29-12-20(16)30-21(33)15-2-4-17(25)5-3-15/h2-12,34H,13H2,1H3,(H,30,33). The molecule has 9 nitrogen and oxygen atoms in total. The van der Waals surface area contributed by atoms with Crippen LogP contribution < -0.4 is 11.0 Å². The molecule has 0 aliphatic heterocycles. The summed E-state index contributed by atoms with van der Waals surface area (Å²) >= 11 is 0. The number of hydrogen-bond acceptors (Lipinski definition) is 6. The second-order valence-electron chi connectivity index (χ2n) is 8.05. The number of amides is 1. The van der Waals surface area contributed by atoms with E-state index in [0.717, 1.165) is 33.4 Å². The molecule has 0 unspecified atom stereocenters. The predicted molar refractivity (Wildman–Crippen MR) is 127 cm³/mol. The highest BCUT2D eigenvalue weighted by Crippen LogP contribution is 2.31. The van der Waals surface area contributed by atoms with E-state index >= 15 is 0 Å². The molecule has 0 bridgehead atoms. The van der Waals surface area contributed by atoms with Crippen LogP contribution in [0.15, 0.2) is 76.7 Å². The van der Waals surface area contributed by atoms with Gasteiger partial charge in [0.25, 0.3) is 15.7 Å². The van der Waals surface area contributed by atoms with Crippen LogP contribution >= 0.6 is 0 Å². The minimum Gasteiger partial charge on any atom is -0.493 e. The first kappa shape index (κ1) is 26.6. The summed E-state index contributed by atoms with van der Waals surface area (Å²) in [6.45, 7) is 1.28. The van der Waals surface area contributed by atoms with Crippen LogP contribution in [0.3, 0.4) is 0 Å². The topological polar surface area (TPSA) is 123 Å². The Morgan fingerprint density at radius 2 is 1.68 bits per heavy atom. The third kappa shape index (κ3) is 4.89. The van der Waals surface area contributed by atoms with Gasteiger partial charge in [-0.3, -0.25) is 14.3 Å². The minimum atomic E-state index is -5.59. The maximum atomic E-state index is 13.2. The van der Waals surface area contributed by atoms with Crippen molar-refractivity contribution in [1.29, 1.82) is 0 Å². The van der Waals surface area contributed by atoms with Gasteiger partial charge in [-0.15, -0.1) is 0 Å². The SMILES string of the molecule is Cc1c(O)n(-c2ccc(S(=O)(=O)C(F)(F)F)cc2)c(=O)n1Cc1ccncc1NC(=O)c1ccc(F)cc1. The summed E-state index contributed by atoms with van der Waals surface area (Å²) in [5.41, 5.74) is -5.42. The van der Waals surface area contributed by atoms with Gasteiger partial charge in [0.15, 0.2) is 0 Å². The molecule has 4 aromatic rings. The van der Waals surface area contributed by atoms with Crippen molar-refractivity contribution in [2.45, 2.75) is 23.9 Å². The number of halogens is 4. The number of pyridine rings is 1. The van der Waals surface area contributed by atoms with Crippen LogP contribution in [0.1, 0.15) is 21.6 Å². The Labute approximate surface area is 212 Å². The lowest BCUT2D eigenvalue weighted by Gasteiger charge is -2.12. The van der Waals surface area contributed by atoms with Crippen molar-refractivity contribution in [3.05, 3.63) is 100 Å². The van der Waals surface area contributed by atoms with Crippen LogP contribution in [-0.4, -0.2) is 39.1 Å². The minimum absolute atomic E-state index is 0.0740. The molecule has 38 heavy (non-hydrogen) atoms. The zero-order valence-corrected chi connectivity index (χ0v) is 20.2. The quantitative estimate of drug-likeness (QED) is 0.353. The number of nitrogens with one attached hydrogen (secondary N) is 1. The molecular formula is C24H18F4N4O5S. The number of carbonyl (C=O) groups is 1. The molecule has 0 saturated heterocycles. The predicted octanol–water partition coefficient (Wildman–Crippen LogP) is 3.78. The molecule has 2 N–H and O–H groups in total. The lowest BCUT2D eigenvalue weighted by molar-refractivity contribution is -0.0436. The van der Waals surface area contributed by atoms with Crippen LogP contribution in [0.25, 0.3) is 5.69 Å². The Balaban J connectivity index is 1.66. The maximum absolute atomic E-state index is 13.2. The second kappa shape index (κ2) is 9.78. The van der Waals surface area contributed by atoms with Gasteiger partial charge in [-0.25, -0.2) is 22.2 Å². The molecule has 2 aromatic heterocycles. The Morgan fingerprint density at radius 1 is 1.05 bits per heavy atom. The number of carbonyl (C=O) groups excluding carboxylic acids is 1. The molecule has 4 rings (SSSR count). The number of nitrogens with zero attached hydrogens (tertiary/aromatic N) is 3. The normalized spacial score (nSPS) is 11.9. The van der Waals surface area contributed by atoms with Crippen molar-refractivity contribution in [3.8, 4) is 11.6 Å². The van der Waals surface area contributed by atoms with Crippen molar-refractivity contribution in [1.82, 2.24) is 14.1 Å². The van der Waals surface area contributed by atoms with Gasteiger partial charge in [-0.1, -0.05) is 0 Å². The van der Waals surface area contributed by atoms with E-state index in [1.165, 1.54) is 37.5 Å². The van der Waals surface area contributed by atoms with E-state index in [1.54, 1.807) is 0 Å². The molecule has 0 spiro atoms. The molecule has 1 amide bonds. The Kier molecular flexibility index (Phi) is 6.84. The Morgan fingerprint density at radius 3 is 2.29 bits per heavy atom. The number of rotatable bonds is 6. The van der Waals surface area contributed by atoms with Crippen LogP contribution in [0.5, 0.6) is 5.88 Å². The molecule has 0 fully saturated rings. The third-order valence-corrected chi connectivity index (χ3v) is 7.17. The van der Waals surface area contributed by atoms with Gasteiger partial charge in [0, 0.05) is 11.8 Å². The monoisotopic (exact) mass is 550 g/mol. The van der Waals surface area contributed by atoms with E-state index in [4.69, 9.17) is 0 Å². The van der Waals surface area contributed by atoms with Gasteiger partial charge in [-0.2, -0.15) is 13.2 Å². The van der Waals surface area contributed by atoms with Crippen molar-refractivity contribution >= 4 is 21.4 Å². The van der Waals surface area contributed by atoms with Crippen molar-refractivity contribution in [2.75, 3.05) is 5.32 Å². The van der Waals surface area contributed by atoms with E-state index in [1.807, 2.05) is 0 Å². The summed E-state index contributed by atoms with van der Waals surface area (Å²) in [4.78, 5) is 28.7. The molecule has 14 heteroatoms. The Hall–Kier alpha value is -4.46. The highest BCUT2D eigenvalue weighted by atomic mass is 32.2. The number of benzene rings is 2. The van der Waals surface area contributed by atoms with Gasteiger partial charge in [0.2, 0.25) is 5.88 Å². The maximum Gasteiger partial charge on any atom is 0.501 e. The largest absolute Gasteiger partial charge is 0.501 e. The van der Waals surface area contributed by atoms with Crippen LogP contribution in [0.4, 0.5) is 23.2 Å². The lowest BCUT2D eigenvalue weighted by atomic mass is 10.2. The fourth-order valence-electron chi connectivity index (χ4n) is 3.60. The Bertz CT molecular complexity index is 1680. The summed E-state index contributed by atoms with van der Waals surface area (Å²) < 4.78 is 76.8. The zero-order chi connectivity index (χ0) is 27.8. The molecule has 0 atom stereocenters. The van der Waals surface area contributed by atoms with Crippen molar-refractivity contribution < 1.29 is 35.9 Å². The van der Waals surface area contributed by atoms with Gasteiger partial charge in [0.1, 0.15) is 5.82 Å². The van der Waals surface area contributed by atoms with Gasteiger partial charge in [-0.05, 0) is 67.1 Å². The van der Waals surface area contributed by atoms with Crippen LogP contribution in [-0.2, 0) is 16.4 Å². The first-order valence-corrected chi connectivity index (χ1v) is 12.2. The molecule has 0 aliphatic rings. The summed E-state index contributed by atoms with van der Waals surface area (Å²) in [5.74, 6) is -1.59. The number of imidazole rings is 1. The fraction of sp³-hybridized carbons (Fsp3) is 0.125. The van der Waals surface area contributed by atoms with E-state index in [-0.39, 0.29) is 29.2 Å². The lowest BCUT2D eigenvalue weighted by Crippen LogP contribution is -2.25. The van der Waals surface area contributed by atoms with Crippen molar-refractivity contribution in [2.24, 2.45) is 0 Å². The number of alkyl halides is 3. The third-order valence-electron chi connectivity index (χ3n) is 5.67. The molecular weight excluding hydrogens is 532 g/mol. The molecule has 198 valence electrons. The second-order valence-corrected chi connectivity index (χ2v) is 9.99. The smallest absolute Gasteiger partial charge is 0.493 e. The van der Waals surface area contributed by atoms with Crippen LogP contribution in [0.2, 0.25) is 0 Å². The number of sulfone groups is 1. The first-order valence-electron chi connectivity index (χ1n) is 10.7. The average Bonchev–Trinajstić information content (AvgIpc) is 3.08. The number of anilines is 1. The van der Waals surface area contributed by atoms with Gasteiger partial charge < -0.3 is 10.4 Å². The highest BCUT2D eigenvalue weighted by molar-refractivity contribution is 7.92. The summed E-state index contributed by atoms with van der Waals surface area (Å²) in [5, 5.41) is 13.2. The number of hydrogen-bond donors (Lipinski definition) is 2. The van der Waals surface area contributed by atoms with Gasteiger partial charge in [0.05, 0.1) is 34.7 Å². The molecule has 0 aliphatic carbocycles. The molecule has 0 saturated carbocycles. The van der Waals surface area contributed by atoms with E-state index in [2.05, 4.69) is 10.3 Å².